The van der Waals surface area contributed by atoms with E-state index in [1.165, 1.54) is 11.1 Å². The summed E-state index contributed by atoms with van der Waals surface area (Å²) in [6, 6.07) is 8.37. The Hall–Kier alpha value is -0.440. The maximum atomic E-state index is 6.33. The van der Waals surface area contributed by atoms with Crippen LogP contribution in [0.3, 0.4) is 0 Å². The first-order valence-corrected chi connectivity index (χ1v) is 8.17. The average molecular weight is 361 g/mol. The summed E-state index contributed by atoms with van der Waals surface area (Å²) in [6.45, 7) is 0. The summed E-state index contributed by atoms with van der Waals surface area (Å²) >= 11 is 24.8. The zero-order valence-electron chi connectivity index (χ0n) is 11.3. The molecule has 1 atom stereocenters. The number of halogens is 4. The van der Waals surface area contributed by atoms with Crippen LogP contribution in [0.25, 0.3) is 11.1 Å². The molecule has 0 radical (unpaired) electrons. The predicted molar refractivity (Wildman–Crippen MR) is 92.0 cm³/mol. The quantitative estimate of drug-likeness (QED) is 0.498. The van der Waals surface area contributed by atoms with Crippen molar-refractivity contribution in [3.05, 3.63) is 55.5 Å². The molecule has 0 saturated carbocycles. The van der Waals surface area contributed by atoms with Crippen LogP contribution in [-0.2, 0) is 6.42 Å². The molecule has 110 valence electrons. The van der Waals surface area contributed by atoms with Crippen molar-refractivity contribution in [2.24, 2.45) is 0 Å². The van der Waals surface area contributed by atoms with E-state index in [1.807, 2.05) is 13.1 Å². The zero-order chi connectivity index (χ0) is 15.1. The highest BCUT2D eigenvalue weighted by atomic mass is 35.5. The molecule has 3 rings (SSSR count). The van der Waals surface area contributed by atoms with Gasteiger partial charge in [-0.3, -0.25) is 0 Å². The molecule has 2 aromatic carbocycles. The van der Waals surface area contributed by atoms with Crippen LogP contribution in [0.1, 0.15) is 23.6 Å². The van der Waals surface area contributed by atoms with Crippen molar-refractivity contribution in [1.29, 1.82) is 0 Å². The lowest BCUT2D eigenvalue weighted by Crippen LogP contribution is -2.12. The minimum absolute atomic E-state index is 0.339. The maximum absolute atomic E-state index is 6.33. The van der Waals surface area contributed by atoms with Crippen LogP contribution in [0.2, 0.25) is 20.1 Å². The topological polar surface area (TPSA) is 12.0 Å². The fourth-order valence-electron chi connectivity index (χ4n) is 2.90. The Morgan fingerprint density at radius 3 is 2.48 bits per heavy atom. The molecule has 0 saturated heterocycles. The van der Waals surface area contributed by atoms with Gasteiger partial charge in [0.2, 0.25) is 0 Å². The lowest BCUT2D eigenvalue weighted by molar-refractivity contribution is 0.590. The summed E-state index contributed by atoms with van der Waals surface area (Å²) in [4.78, 5) is 0. The van der Waals surface area contributed by atoms with Gasteiger partial charge in [0.1, 0.15) is 0 Å². The number of rotatable bonds is 2. The minimum Gasteiger partial charge on any atom is -0.313 e. The molecule has 0 aliphatic heterocycles. The first-order chi connectivity index (χ1) is 10.0. The smallest absolute Gasteiger partial charge is 0.0785 e. The predicted octanol–water partition coefficient (Wildman–Crippen LogP) is 6.17. The monoisotopic (exact) mass is 359 g/mol. The molecule has 1 unspecified atom stereocenters. The molecule has 1 aliphatic carbocycles. The van der Waals surface area contributed by atoms with E-state index in [9.17, 15) is 0 Å². The molecule has 1 nitrogen and oxygen atoms in total. The van der Waals surface area contributed by atoms with Crippen LogP contribution in [-0.4, -0.2) is 7.05 Å². The first-order valence-electron chi connectivity index (χ1n) is 6.66. The number of benzene rings is 2. The largest absolute Gasteiger partial charge is 0.313 e. The molecule has 0 fully saturated rings. The Bertz CT molecular complexity index is 712. The SMILES string of the molecule is CNC1CCc2cc(-c3c(Cl)cc(Cl)c(Cl)c3Cl)ccc21. The summed E-state index contributed by atoms with van der Waals surface area (Å²) in [5.74, 6) is 0. The molecule has 1 N–H and O–H groups in total. The van der Waals surface area contributed by atoms with Gasteiger partial charge in [-0.15, -0.1) is 0 Å². The maximum Gasteiger partial charge on any atom is 0.0785 e. The zero-order valence-corrected chi connectivity index (χ0v) is 14.3. The third-order valence-electron chi connectivity index (χ3n) is 3.97. The number of hydrogen-bond donors (Lipinski definition) is 1. The Balaban J connectivity index is 2.13. The van der Waals surface area contributed by atoms with Crippen LogP contribution >= 0.6 is 46.4 Å². The molecule has 21 heavy (non-hydrogen) atoms. The highest BCUT2D eigenvalue weighted by Gasteiger charge is 2.22. The van der Waals surface area contributed by atoms with E-state index in [0.29, 0.717) is 26.1 Å². The summed E-state index contributed by atoms with van der Waals surface area (Å²) in [5, 5.41) is 4.95. The lowest BCUT2D eigenvalue weighted by Gasteiger charge is -2.13. The number of nitrogens with one attached hydrogen (secondary N) is 1. The molecular weight excluding hydrogens is 348 g/mol. The van der Waals surface area contributed by atoms with E-state index in [-0.39, 0.29) is 0 Å². The minimum atomic E-state index is 0.339. The van der Waals surface area contributed by atoms with Crippen LogP contribution in [0.4, 0.5) is 0 Å². The van der Waals surface area contributed by atoms with Gasteiger partial charge in [-0.05, 0) is 42.6 Å². The summed E-state index contributed by atoms with van der Waals surface area (Å²) < 4.78 is 0. The second-order valence-corrected chi connectivity index (χ2v) is 6.71. The molecule has 1 aliphatic rings. The molecule has 2 aromatic rings. The number of fused-ring (bicyclic) bond motifs is 1. The standard InChI is InChI=1S/C16H13Cl4N/c1-21-13-5-3-8-6-9(2-4-10(8)13)14-11(17)7-12(18)15(19)16(14)20/h2,4,6-7,13,21H,3,5H2,1H3. The van der Waals surface area contributed by atoms with Crippen LogP contribution in [0.15, 0.2) is 24.3 Å². The van der Waals surface area contributed by atoms with Crippen molar-refractivity contribution in [3.8, 4) is 11.1 Å². The molecule has 5 heteroatoms. The van der Waals surface area contributed by atoms with E-state index < -0.39 is 0 Å². The Morgan fingerprint density at radius 2 is 1.76 bits per heavy atom. The number of aryl methyl sites for hydroxylation is 1. The molecule has 0 bridgehead atoms. The fourth-order valence-corrected chi connectivity index (χ4v) is 4.03. The van der Waals surface area contributed by atoms with E-state index in [4.69, 9.17) is 46.4 Å². The molecule has 0 aromatic heterocycles. The fraction of sp³-hybridized carbons (Fsp3) is 0.250. The Morgan fingerprint density at radius 1 is 1.00 bits per heavy atom. The third kappa shape index (κ3) is 2.67. The highest BCUT2D eigenvalue weighted by molar-refractivity contribution is 6.51. The van der Waals surface area contributed by atoms with Crippen molar-refractivity contribution in [1.82, 2.24) is 5.32 Å². The van der Waals surface area contributed by atoms with Crippen molar-refractivity contribution in [3.63, 3.8) is 0 Å². The van der Waals surface area contributed by atoms with Crippen LogP contribution in [0.5, 0.6) is 0 Å². The van der Waals surface area contributed by atoms with Gasteiger partial charge in [0.05, 0.1) is 20.1 Å². The highest BCUT2D eigenvalue weighted by Crippen LogP contribution is 2.44. The molecule has 0 amide bonds. The average Bonchev–Trinajstić information content (AvgIpc) is 2.87. The van der Waals surface area contributed by atoms with E-state index in [1.54, 1.807) is 6.07 Å². The molecule has 0 heterocycles. The van der Waals surface area contributed by atoms with E-state index in [2.05, 4.69) is 17.4 Å². The summed E-state index contributed by atoms with van der Waals surface area (Å²) in [6.07, 6.45) is 2.16. The van der Waals surface area contributed by atoms with Crippen LogP contribution in [0, 0.1) is 0 Å². The van der Waals surface area contributed by atoms with Gasteiger partial charge in [0.25, 0.3) is 0 Å². The van der Waals surface area contributed by atoms with Gasteiger partial charge in [-0.25, -0.2) is 0 Å². The van der Waals surface area contributed by atoms with Gasteiger partial charge in [-0.2, -0.15) is 0 Å². The third-order valence-corrected chi connectivity index (χ3v) is 5.53. The van der Waals surface area contributed by atoms with Crippen molar-refractivity contribution in [2.75, 3.05) is 7.05 Å². The Labute approximate surface area is 144 Å². The van der Waals surface area contributed by atoms with Gasteiger partial charge in [-0.1, -0.05) is 64.6 Å². The normalized spacial score (nSPS) is 17.1. The van der Waals surface area contributed by atoms with Gasteiger partial charge >= 0.3 is 0 Å². The molecule has 0 spiro atoms. The Kier molecular flexibility index (Phi) is 4.40. The second-order valence-electron chi connectivity index (χ2n) is 5.14. The summed E-state index contributed by atoms with van der Waals surface area (Å²) in [5.41, 5.74) is 4.38. The first kappa shape index (κ1) is 15.5. The van der Waals surface area contributed by atoms with Crippen molar-refractivity contribution < 1.29 is 0 Å². The van der Waals surface area contributed by atoms with Crippen molar-refractivity contribution >= 4 is 46.4 Å². The van der Waals surface area contributed by atoms with E-state index >= 15 is 0 Å². The van der Waals surface area contributed by atoms with E-state index in [0.717, 1.165) is 24.0 Å². The lowest BCUT2D eigenvalue weighted by atomic mass is 9.99. The summed E-state index contributed by atoms with van der Waals surface area (Å²) in [7, 11) is 1.99. The number of hydrogen-bond acceptors (Lipinski definition) is 1. The van der Waals surface area contributed by atoms with Crippen LogP contribution < -0.4 is 5.32 Å². The van der Waals surface area contributed by atoms with Gasteiger partial charge < -0.3 is 5.32 Å². The molecular formula is C16H13Cl4N. The van der Waals surface area contributed by atoms with Gasteiger partial charge in [0, 0.05) is 11.6 Å². The van der Waals surface area contributed by atoms with Crippen molar-refractivity contribution in [2.45, 2.75) is 18.9 Å². The van der Waals surface area contributed by atoms with Gasteiger partial charge in [0.15, 0.2) is 0 Å². The second kappa shape index (κ2) is 5.98.